The van der Waals surface area contributed by atoms with Gasteiger partial charge in [-0.3, -0.25) is 4.90 Å². The standard InChI is InChI=1S/C14H14N2O3/c1-2-3-7-15-14(19)16-8-6-10-9-11(13(17)18)4-5-12(10)16/h4-5,9H,6-8H2,1H3,(H,15,19)(H,17,18). The van der Waals surface area contributed by atoms with Crippen LogP contribution in [0, 0.1) is 11.8 Å². The molecule has 0 atom stereocenters. The Morgan fingerprint density at radius 2 is 2.26 bits per heavy atom. The summed E-state index contributed by atoms with van der Waals surface area (Å²) in [7, 11) is 0. The lowest BCUT2D eigenvalue weighted by atomic mass is 10.1. The van der Waals surface area contributed by atoms with E-state index in [2.05, 4.69) is 17.2 Å². The van der Waals surface area contributed by atoms with Crippen LogP contribution in [0.25, 0.3) is 0 Å². The van der Waals surface area contributed by atoms with Gasteiger partial charge in [-0.05, 0) is 37.1 Å². The lowest BCUT2D eigenvalue weighted by Gasteiger charge is -2.17. The number of hydrogen-bond acceptors (Lipinski definition) is 2. The number of nitrogens with zero attached hydrogens (tertiary/aromatic N) is 1. The average Bonchev–Trinajstić information content (AvgIpc) is 2.81. The predicted octanol–water partition coefficient (Wildman–Crippen LogP) is 1.48. The molecule has 1 aliphatic rings. The zero-order chi connectivity index (χ0) is 13.8. The summed E-state index contributed by atoms with van der Waals surface area (Å²) in [6, 6.07) is 4.61. The number of hydrogen-bond donors (Lipinski definition) is 2. The molecule has 1 aromatic rings. The number of aromatic carboxylic acids is 1. The van der Waals surface area contributed by atoms with Crippen LogP contribution in [-0.4, -0.2) is 30.2 Å². The van der Waals surface area contributed by atoms with Gasteiger partial charge in [-0.15, -0.1) is 5.92 Å². The van der Waals surface area contributed by atoms with Gasteiger partial charge >= 0.3 is 12.0 Å². The summed E-state index contributed by atoms with van der Waals surface area (Å²) in [4.78, 5) is 24.4. The van der Waals surface area contributed by atoms with Gasteiger partial charge in [-0.25, -0.2) is 9.59 Å². The summed E-state index contributed by atoms with van der Waals surface area (Å²) in [6.07, 6.45) is 0.670. The Morgan fingerprint density at radius 3 is 2.95 bits per heavy atom. The second-order valence-electron chi connectivity index (χ2n) is 4.14. The van der Waals surface area contributed by atoms with E-state index in [0.29, 0.717) is 19.5 Å². The number of rotatable bonds is 2. The smallest absolute Gasteiger partial charge is 0.335 e. The largest absolute Gasteiger partial charge is 0.478 e. The summed E-state index contributed by atoms with van der Waals surface area (Å²) < 4.78 is 0. The van der Waals surface area contributed by atoms with Crippen LogP contribution in [0.5, 0.6) is 0 Å². The number of carboxylic acids is 1. The molecule has 5 heteroatoms. The van der Waals surface area contributed by atoms with Crippen LogP contribution in [0.3, 0.4) is 0 Å². The van der Waals surface area contributed by atoms with Crippen molar-refractivity contribution in [1.29, 1.82) is 0 Å². The number of nitrogens with one attached hydrogen (secondary N) is 1. The summed E-state index contributed by atoms with van der Waals surface area (Å²) in [5.74, 6) is 4.51. The second-order valence-corrected chi connectivity index (χ2v) is 4.14. The third kappa shape index (κ3) is 2.68. The third-order valence-corrected chi connectivity index (χ3v) is 2.97. The van der Waals surface area contributed by atoms with E-state index in [9.17, 15) is 9.59 Å². The van der Waals surface area contributed by atoms with E-state index in [1.54, 1.807) is 24.0 Å². The van der Waals surface area contributed by atoms with Gasteiger partial charge < -0.3 is 10.4 Å². The average molecular weight is 258 g/mol. The van der Waals surface area contributed by atoms with Gasteiger partial charge in [0.1, 0.15) is 0 Å². The monoisotopic (exact) mass is 258 g/mol. The molecular formula is C14H14N2O3. The van der Waals surface area contributed by atoms with Crippen molar-refractivity contribution in [1.82, 2.24) is 5.32 Å². The minimum Gasteiger partial charge on any atom is -0.478 e. The molecule has 0 saturated heterocycles. The van der Waals surface area contributed by atoms with Crippen molar-refractivity contribution in [2.45, 2.75) is 13.3 Å². The first kappa shape index (κ1) is 13.0. The maximum atomic E-state index is 11.9. The van der Waals surface area contributed by atoms with E-state index in [1.165, 1.54) is 6.07 Å². The fourth-order valence-corrected chi connectivity index (χ4v) is 2.05. The highest BCUT2D eigenvalue weighted by Crippen LogP contribution is 2.28. The molecule has 19 heavy (non-hydrogen) atoms. The summed E-state index contributed by atoms with van der Waals surface area (Å²) in [6.45, 7) is 2.59. The Balaban J connectivity index is 2.15. The SMILES string of the molecule is CC#CCNC(=O)N1CCc2cc(C(=O)O)ccc21. The van der Waals surface area contributed by atoms with E-state index in [-0.39, 0.29) is 11.6 Å². The van der Waals surface area contributed by atoms with Crippen LogP contribution >= 0.6 is 0 Å². The Hall–Kier alpha value is -2.48. The third-order valence-electron chi connectivity index (χ3n) is 2.97. The molecule has 0 aliphatic carbocycles. The van der Waals surface area contributed by atoms with Crippen molar-refractivity contribution >= 4 is 17.7 Å². The molecule has 98 valence electrons. The van der Waals surface area contributed by atoms with Crippen LogP contribution in [0.15, 0.2) is 18.2 Å². The number of fused-ring (bicyclic) bond motifs is 1. The van der Waals surface area contributed by atoms with Crippen molar-refractivity contribution in [3.8, 4) is 11.8 Å². The van der Waals surface area contributed by atoms with Gasteiger partial charge in [0.05, 0.1) is 12.1 Å². The van der Waals surface area contributed by atoms with E-state index >= 15 is 0 Å². The van der Waals surface area contributed by atoms with Crippen molar-refractivity contribution < 1.29 is 14.7 Å². The normalized spacial score (nSPS) is 12.4. The van der Waals surface area contributed by atoms with E-state index < -0.39 is 5.97 Å². The lowest BCUT2D eigenvalue weighted by Crippen LogP contribution is -2.39. The maximum absolute atomic E-state index is 11.9. The number of anilines is 1. The minimum atomic E-state index is -0.955. The van der Waals surface area contributed by atoms with Crippen LogP contribution < -0.4 is 10.2 Å². The molecule has 1 heterocycles. The van der Waals surface area contributed by atoms with Crippen LogP contribution in [-0.2, 0) is 6.42 Å². The van der Waals surface area contributed by atoms with E-state index in [0.717, 1.165) is 11.3 Å². The zero-order valence-electron chi connectivity index (χ0n) is 10.6. The summed E-state index contributed by atoms with van der Waals surface area (Å²) >= 11 is 0. The molecule has 1 aromatic carbocycles. The lowest BCUT2D eigenvalue weighted by molar-refractivity contribution is 0.0697. The molecule has 0 spiro atoms. The highest BCUT2D eigenvalue weighted by Gasteiger charge is 2.25. The molecule has 2 rings (SSSR count). The molecule has 0 aromatic heterocycles. The van der Waals surface area contributed by atoms with Gasteiger partial charge in [0.15, 0.2) is 0 Å². The molecule has 0 saturated carbocycles. The summed E-state index contributed by atoms with van der Waals surface area (Å²) in [5.41, 5.74) is 1.90. The van der Waals surface area contributed by atoms with Crippen molar-refractivity contribution in [2.24, 2.45) is 0 Å². The first-order chi connectivity index (χ1) is 9.13. The number of carbonyl (C=O) groups is 2. The fraction of sp³-hybridized carbons (Fsp3) is 0.286. The molecule has 0 unspecified atom stereocenters. The van der Waals surface area contributed by atoms with Gasteiger partial charge in [0.25, 0.3) is 0 Å². The summed E-state index contributed by atoms with van der Waals surface area (Å²) in [5, 5.41) is 11.6. The second kappa shape index (κ2) is 5.44. The Labute approximate surface area is 111 Å². The minimum absolute atomic E-state index is 0.204. The Kier molecular flexibility index (Phi) is 3.71. The van der Waals surface area contributed by atoms with E-state index in [1.807, 2.05) is 0 Å². The first-order valence-electron chi connectivity index (χ1n) is 5.94. The number of carboxylic acid groups (broad SMARTS) is 1. The highest BCUT2D eigenvalue weighted by molar-refractivity contribution is 5.96. The number of benzene rings is 1. The zero-order valence-corrected chi connectivity index (χ0v) is 10.6. The molecule has 0 radical (unpaired) electrons. The van der Waals surface area contributed by atoms with Crippen molar-refractivity contribution in [3.63, 3.8) is 0 Å². The van der Waals surface area contributed by atoms with Crippen molar-refractivity contribution in [3.05, 3.63) is 29.3 Å². The molecule has 5 nitrogen and oxygen atoms in total. The molecule has 0 bridgehead atoms. The van der Waals surface area contributed by atoms with Gasteiger partial charge in [0.2, 0.25) is 0 Å². The highest BCUT2D eigenvalue weighted by atomic mass is 16.4. The topological polar surface area (TPSA) is 69.6 Å². The van der Waals surface area contributed by atoms with Gasteiger partial charge in [-0.1, -0.05) is 5.92 Å². The van der Waals surface area contributed by atoms with Crippen LogP contribution in [0.2, 0.25) is 0 Å². The maximum Gasteiger partial charge on any atom is 0.335 e. The molecule has 0 fully saturated rings. The molecule has 2 N–H and O–H groups in total. The number of urea groups is 1. The van der Waals surface area contributed by atoms with Gasteiger partial charge in [0, 0.05) is 12.2 Å². The molecule has 1 aliphatic heterocycles. The fourth-order valence-electron chi connectivity index (χ4n) is 2.05. The van der Waals surface area contributed by atoms with Crippen molar-refractivity contribution in [2.75, 3.05) is 18.0 Å². The first-order valence-corrected chi connectivity index (χ1v) is 5.94. The quantitative estimate of drug-likeness (QED) is 0.789. The number of amides is 2. The molecule has 2 amide bonds. The number of carbonyl (C=O) groups excluding carboxylic acids is 1. The van der Waals surface area contributed by atoms with Crippen LogP contribution in [0.1, 0.15) is 22.8 Å². The predicted molar refractivity (Wildman–Crippen MR) is 71.3 cm³/mol. The Morgan fingerprint density at radius 1 is 1.47 bits per heavy atom. The van der Waals surface area contributed by atoms with Crippen LogP contribution in [0.4, 0.5) is 10.5 Å². The Bertz CT molecular complexity index is 584. The molecular weight excluding hydrogens is 244 g/mol. The van der Waals surface area contributed by atoms with Gasteiger partial charge in [-0.2, -0.15) is 0 Å². The van der Waals surface area contributed by atoms with E-state index in [4.69, 9.17) is 5.11 Å².